The molecule has 1 aromatic carbocycles. The van der Waals surface area contributed by atoms with Crippen molar-refractivity contribution in [1.29, 1.82) is 0 Å². The van der Waals surface area contributed by atoms with Gasteiger partial charge in [-0.3, -0.25) is 4.79 Å². The van der Waals surface area contributed by atoms with Crippen LogP contribution in [0.1, 0.15) is 48.5 Å². The van der Waals surface area contributed by atoms with E-state index < -0.39 is 19.9 Å². The number of fused-ring (bicyclic) bond motifs is 1. The summed E-state index contributed by atoms with van der Waals surface area (Å²) in [7, 11) is -2.41. The minimum absolute atomic E-state index is 0.134. The number of hydrogen-bond donors (Lipinski definition) is 1. The third-order valence-corrected chi connectivity index (χ3v) is 7.51. The first kappa shape index (κ1) is 23.4. The summed E-state index contributed by atoms with van der Waals surface area (Å²) in [5, 5.41) is 0.534. The molecule has 26 heavy (non-hydrogen) atoms. The molecule has 1 heterocycles. The van der Waals surface area contributed by atoms with E-state index in [9.17, 15) is 13.6 Å². The molecule has 0 spiro atoms. The molecule has 0 aliphatic heterocycles. The van der Waals surface area contributed by atoms with Crippen LogP contribution < -0.4 is 5.73 Å². The fourth-order valence-corrected chi connectivity index (χ4v) is 5.81. The summed E-state index contributed by atoms with van der Waals surface area (Å²) in [5.74, 6) is -0.600. The Kier molecular flexibility index (Phi) is 9.03. The topological polar surface area (TPSA) is 61.6 Å². The molecule has 0 fully saturated rings. The van der Waals surface area contributed by atoms with Crippen molar-refractivity contribution in [3.05, 3.63) is 32.6 Å². The van der Waals surface area contributed by atoms with Gasteiger partial charge in [-0.2, -0.15) is 8.78 Å². The predicted molar refractivity (Wildman–Crippen MR) is 108 cm³/mol. The van der Waals surface area contributed by atoms with Gasteiger partial charge in [-0.05, 0) is 54.4 Å². The number of amides is 1. The summed E-state index contributed by atoms with van der Waals surface area (Å²) in [6, 6.07) is 3.12. The Morgan fingerprint density at radius 2 is 1.81 bits per heavy atom. The molecule has 9 heteroatoms. The van der Waals surface area contributed by atoms with Crippen LogP contribution in [-0.4, -0.2) is 19.1 Å². The number of carbonyl (C=O) groups excluding carboxylic acids is 1. The number of carbonyl (C=O) groups is 1. The molecule has 0 aliphatic rings. The summed E-state index contributed by atoms with van der Waals surface area (Å²) in [4.78, 5) is 11.2. The highest BCUT2D eigenvalue weighted by atomic mass is 79.9. The first-order valence-corrected chi connectivity index (χ1v) is 11.0. The van der Waals surface area contributed by atoms with E-state index in [2.05, 4.69) is 15.9 Å². The molecule has 0 radical (unpaired) electrons. The molecule has 0 bridgehead atoms. The van der Waals surface area contributed by atoms with Gasteiger partial charge in [0.2, 0.25) is 5.91 Å². The molecule has 2 aromatic rings. The Morgan fingerprint density at radius 3 is 2.27 bits per heavy atom. The molecule has 0 unspecified atom stereocenters. The standard InChI is InChI=1S/C15H17BrF2NO3PS.C2H6/c1-4-21-23(22-5-2)15(17,18)13-11(16)10-7-9(14(19)20)6-8(3)12(10)24-13;1-2/h6-7H,4-5H2,1-3H3,(H2,19,20);1-2H3. The van der Waals surface area contributed by atoms with E-state index in [0.717, 1.165) is 11.3 Å². The largest absolute Gasteiger partial charge is 0.366 e. The smallest absolute Gasteiger partial charge is 0.349 e. The van der Waals surface area contributed by atoms with Gasteiger partial charge in [0.05, 0.1) is 18.1 Å². The lowest BCUT2D eigenvalue weighted by molar-refractivity contribution is 0.0600. The summed E-state index contributed by atoms with van der Waals surface area (Å²) in [6.45, 7) is 9.32. The number of alkyl halides is 2. The van der Waals surface area contributed by atoms with Crippen LogP contribution >= 0.6 is 35.6 Å². The van der Waals surface area contributed by atoms with Gasteiger partial charge in [0.15, 0.2) is 0 Å². The molecule has 2 rings (SSSR count). The first-order valence-electron chi connectivity index (χ1n) is 8.20. The van der Waals surface area contributed by atoms with Gasteiger partial charge in [-0.15, -0.1) is 11.3 Å². The monoisotopic (exact) mass is 469 g/mol. The van der Waals surface area contributed by atoms with Gasteiger partial charge in [-0.1, -0.05) is 13.8 Å². The Balaban J connectivity index is 0.00000163. The zero-order valence-electron chi connectivity index (χ0n) is 15.4. The van der Waals surface area contributed by atoms with Crippen LogP contribution in [0.25, 0.3) is 10.1 Å². The highest BCUT2D eigenvalue weighted by Crippen LogP contribution is 2.63. The number of primary amides is 1. The maximum absolute atomic E-state index is 15.0. The number of benzene rings is 1. The lowest BCUT2D eigenvalue weighted by atomic mass is 10.1. The summed E-state index contributed by atoms with van der Waals surface area (Å²) in [6.07, 6.45) is 0. The SMILES string of the molecule is CC.CCOP(OCC)C(F)(F)c1sc2c(C)cc(C(N)=O)cc2c1Br. The van der Waals surface area contributed by atoms with Crippen LogP contribution in [0.2, 0.25) is 0 Å². The summed E-state index contributed by atoms with van der Waals surface area (Å²) < 4.78 is 41.1. The van der Waals surface area contributed by atoms with E-state index in [-0.39, 0.29) is 28.1 Å². The van der Waals surface area contributed by atoms with Crippen molar-refractivity contribution in [3.63, 3.8) is 0 Å². The van der Waals surface area contributed by atoms with E-state index in [1.165, 1.54) is 6.07 Å². The van der Waals surface area contributed by atoms with E-state index >= 15 is 0 Å². The van der Waals surface area contributed by atoms with Crippen molar-refractivity contribution in [2.24, 2.45) is 5.73 Å². The summed E-state index contributed by atoms with van der Waals surface area (Å²) in [5.41, 5.74) is 3.03. The molecule has 4 nitrogen and oxygen atoms in total. The lowest BCUT2D eigenvalue weighted by Crippen LogP contribution is -2.13. The van der Waals surface area contributed by atoms with Crippen molar-refractivity contribution < 1.29 is 22.6 Å². The second-order valence-corrected chi connectivity index (χ2v) is 8.32. The summed E-state index contributed by atoms with van der Waals surface area (Å²) >= 11 is 4.22. The average Bonchev–Trinajstić information content (AvgIpc) is 2.95. The molecule has 2 N–H and O–H groups in total. The van der Waals surface area contributed by atoms with Gasteiger partial charge >= 0.3 is 5.66 Å². The minimum atomic E-state index is -3.27. The van der Waals surface area contributed by atoms with Crippen LogP contribution in [0, 0.1) is 6.92 Å². The Labute approximate surface area is 166 Å². The third kappa shape index (κ3) is 4.78. The molecule has 1 amide bonds. The van der Waals surface area contributed by atoms with Crippen molar-refractivity contribution in [1.82, 2.24) is 0 Å². The Hall–Kier alpha value is -0.660. The predicted octanol–water partition coefficient (Wildman–Crippen LogP) is 6.53. The number of nitrogens with two attached hydrogens (primary N) is 1. The lowest BCUT2D eigenvalue weighted by Gasteiger charge is -2.24. The molecule has 0 saturated heterocycles. The van der Waals surface area contributed by atoms with E-state index in [0.29, 0.717) is 15.6 Å². The van der Waals surface area contributed by atoms with E-state index in [1.807, 2.05) is 13.8 Å². The van der Waals surface area contributed by atoms with Gasteiger partial charge in [0.25, 0.3) is 8.38 Å². The zero-order chi connectivity index (χ0) is 20.1. The van der Waals surface area contributed by atoms with Crippen molar-refractivity contribution >= 4 is 51.6 Å². The Morgan fingerprint density at radius 1 is 1.27 bits per heavy atom. The highest BCUT2D eigenvalue weighted by Gasteiger charge is 2.48. The van der Waals surface area contributed by atoms with Crippen molar-refractivity contribution in [2.45, 2.75) is 40.3 Å². The molecular formula is C17H23BrF2NO3PS. The minimum Gasteiger partial charge on any atom is -0.366 e. The van der Waals surface area contributed by atoms with Crippen molar-refractivity contribution in [2.75, 3.05) is 13.2 Å². The molecule has 1 aromatic heterocycles. The van der Waals surface area contributed by atoms with Crippen LogP contribution in [0.3, 0.4) is 0 Å². The maximum atomic E-state index is 15.0. The molecule has 146 valence electrons. The molecule has 0 atom stereocenters. The van der Waals surface area contributed by atoms with Crippen LogP contribution in [0.15, 0.2) is 16.6 Å². The van der Waals surface area contributed by atoms with E-state index in [4.69, 9.17) is 14.8 Å². The third-order valence-electron chi connectivity index (χ3n) is 3.19. The first-order chi connectivity index (χ1) is 12.2. The van der Waals surface area contributed by atoms with Gasteiger partial charge in [0, 0.05) is 20.1 Å². The average molecular weight is 470 g/mol. The van der Waals surface area contributed by atoms with Gasteiger partial charge in [-0.25, -0.2) is 0 Å². The Bertz CT molecular complexity index is 764. The van der Waals surface area contributed by atoms with Crippen LogP contribution in [0.5, 0.6) is 0 Å². The zero-order valence-corrected chi connectivity index (χ0v) is 18.7. The number of halogens is 3. The maximum Gasteiger partial charge on any atom is 0.349 e. The normalized spacial score (nSPS) is 11.6. The van der Waals surface area contributed by atoms with Crippen LogP contribution in [-0.2, 0) is 14.7 Å². The molecule has 0 saturated carbocycles. The number of rotatable bonds is 7. The highest BCUT2D eigenvalue weighted by molar-refractivity contribution is 9.10. The quantitative estimate of drug-likeness (QED) is 0.468. The van der Waals surface area contributed by atoms with E-state index in [1.54, 1.807) is 26.8 Å². The number of hydrogen-bond acceptors (Lipinski definition) is 4. The molecular weight excluding hydrogens is 447 g/mol. The number of aryl methyl sites for hydroxylation is 1. The fourth-order valence-electron chi connectivity index (χ4n) is 2.19. The second kappa shape index (κ2) is 10.0. The molecule has 0 aliphatic carbocycles. The number of thiophene rings is 1. The second-order valence-electron chi connectivity index (χ2n) is 4.91. The fraction of sp³-hybridized carbons (Fsp3) is 0.471. The van der Waals surface area contributed by atoms with Gasteiger partial charge < -0.3 is 14.8 Å². The van der Waals surface area contributed by atoms with Crippen molar-refractivity contribution in [3.8, 4) is 0 Å². The van der Waals surface area contributed by atoms with Crippen LogP contribution in [0.4, 0.5) is 8.78 Å². The van der Waals surface area contributed by atoms with Gasteiger partial charge in [0.1, 0.15) is 0 Å².